The summed E-state index contributed by atoms with van der Waals surface area (Å²) in [6.07, 6.45) is 0.599. The smallest absolute Gasteiger partial charge is 0.267 e. The number of aryl methyl sites for hydroxylation is 1. The molecule has 0 radical (unpaired) electrons. The zero-order chi connectivity index (χ0) is 40.5. The van der Waals surface area contributed by atoms with Crippen molar-refractivity contribution < 1.29 is 9.59 Å². The summed E-state index contributed by atoms with van der Waals surface area (Å²) in [6.45, 7) is 1.88. The molecule has 0 N–H and O–H groups in total. The van der Waals surface area contributed by atoms with Gasteiger partial charge in [-0.25, -0.2) is 4.90 Å². The molecule has 8 aromatic carbocycles. The van der Waals surface area contributed by atoms with Crippen molar-refractivity contribution in [2.24, 2.45) is 0 Å². The molecule has 0 bridgehead atoms. The van der Waals surface area contributed by atoms with Crippen molar-refractivity contribution in [3.63, 3.8) is 0 Å². The van der Waals surface area contributed by atoms with Crippen LogP contribution >= 0.6 is 0 Å². The average molecular weight is 759 g/mol. The molecule has 0 saturated heterocycles. The van der Waals surface area contributed by atoms with Gasteiger partial charge in [0.2, 0.25) is 6.41 Å². The summed E-state index contributed by atoms with van der Waals surface area (Å²) in [4.78, 5) is 29.8. The van der Waals surface area contributed by atoms with Crippen molar-refractivity contribution in [2.75, 3.05) is 4.90 Å². The van der Waals surface area contributed by atoms with E-state index in [4.69, 9.17) is 0 Å². The highest BCUT2D eigenvalue weighted by Gasteiger charge is 2.27. The number of nitriles is 2. The number of hydrogen-bond acceptors (Lipinski definition) is 4. The van der Waals surface area contributed by atoms with Crippen molar-refractivity contribution in [1.29, 1.82) is 10.5 Å². The molecule has 0 aliphatic rings. The Morgan fingerprint density at radius 2 is 1.05 bits per heavy atom. The van der Waals surface area contributed by atoms with E-state index in [2.05, 4.69) is 41.0 Å². The van der Waals surface area contributed by atoms with E-state index in [-0.39, 0.29) is 0 Å². The Hall–Kier alpha value is -8.32. The number of amides is 2. The van der Waals surface area contributed by atoms with Crippen molar-refractivity contribution in [3.8, 4) is 62.3 Å². The molecule has 2 amide bonds. The molecule has 0 unspecified atom stereocenters. The molecule has 1 aromatic heterocycles. The van der Waals surface area contributed by atoms with Gasteiger partial charge in [-0.1, -0.05) is 140 Å². The van der Waals surface area contributed by atoms with Crippen LogP contribution in [0.2, 0.25) is 0 Å². The van der Waals surface area contributed by atoms with E-state index in [0.29, 0.717) is 40.0 Å². The van der Waals surface area contributed by atoms with Crippen LogP contribution in [-0.2, 0) is 4.79 Å². The molecule has 0 atom stereocenters. The van der Waals surface area contributed by atoms with Crippen LogP contribution < -0.4 is 4.90 Å². The molecule has 0 spiro atoms. The van der Waals surface area contributed by atoms with Gasteiger partial charge in [0, 0.05) is 16.3 Å². The minimum atomic E-state index is -0.482. The molecule has 0 aliphatic heterocycles. The Morgan fingerprint density at radius 3 is 1.61 bits per heavy atom. The minimum absolute atomic E-state index is 0.357. The summed E-state index contributed by atoms with van der Waals surface area (Å²) in [5, 5.41) is 21.9. The van der Waals surface area contributed by atoms with Crippen LogP contribution in [0.15, 0.2) is 182 Å². The van der Waals surface area contributed by atoms with Crippen LogP contribution in [0, 0.1) is 29.6 Å². The molecule has 0 fully saturated rings. The molecule has 9 rings (SSSR count). The van der Waals surface area contributed by atoms with Gasteiger partial charge in [0.05, 0.1) is 51.2 Å². The van der Waals surface area contributed by atoms with Crippen LogP contribution in [0.5, 0.6) is 0 Å². The van der Waals surface area contributed by atoms with Crippen LogP contribution in [0.3, 0.4) is 0 Å². The third-order valence-corrected chi connectivity index (χ3v) is 11.0. The quantitative estimate of drug-likeness (QED) is 0.144. The lowest BCUT2D eigenvalue weighted by Gasteiger charge is -2.23. The van der Waals surface area contributed by atoms with Crippen LogP contribution in [0.1, 0.15) is 27.0 Å². The summed E-state index contributed by atoms with van der Waals surface area (Å²) < 4.78 is 2.07. The van der Waals surface area contributed by atoms with E-state index in [9.17, 15) is 15.3 Å². The molecule has 6 nitrogen and oxygen atoms in total. The van der Waals surface area contributed by atoms with Gasteiger partial charge < -0.3 is 4.57 Å². The normalized spacial score (nSPS) is 10.9. The Balaban J connectivity index is 1.29. The number of hydrogen-bond donors (Lipinski definition) is 0. The second-order valence-electron chi connectivity index (χ2n) is 14.3. The van der Waals surface area contributed by atoms with Crippen molar-refractivity contribution in [3.05, 3.63) is 204 Å². The molecule has 0 saturated carbocycles. The lowest BCUT2D eigenvalue weighted by Crippen LogP contribution is -2.31. The van der Waals surface area contributed by atoms with E-state index in [1.807, 2.05) is 153 Å². The molecule has 1 heterocycles. The maximum atomic E-state index is 15.3. The monoisotopic (exact) mass is 758 g/mol. The summed E-state index contributed by atoms with van der Waals surface area (Å²) in [5.74, 6) is -0.482. The molecule has 6 heteroatoms. The van der Waals surface area contributed by atoms with E-state index in [0.717, 1.165) is 66.3 Å². The third-order valence-electron chi connectivity index (χ3n) is 11.0. The summed E-state index contributed by atoms with van der Waals surface area (Å²) >= 11 is 0. The van der Waals surface area contributed by atoms with Gasteiger partial charge in [-0.2, -0.15) is 10.5 Å². The van der Waals surface area contributed by atoms with Gasteiger partial charge >= 0.3 is 0 Å². The third kappa shape index (κ3) is 6.42. The van der Waals surface area contributed by atoms with Gasteiger partial charge in [0.25, 0.3) is 5.91 Å². The zero-order valence-corrected chi connectivity index (χ0v) is 32.0. The number of anilines is 1. The molecule has 278 valence electrons. The van der Waals surface area contributed by atoms with Crippen LogP contribution in [-0.4, -0.2) is 16.9 Å². The summed E-state index contributed by atoms with van der Waals surface area (Å²) in [6, 6.07) is 63.2. The molecule has 59 heavy (non-hydrogen) atoms. The summed E-state index contributed by atoms with van der Waals surface area (Å²) in [5.41, 5.74) is 11.6. The van der Waals surface area contributed by atoms with Crippen LogP contribution in [0.4, 0.5) is 5.69 Å². The molecule has 0 aliphatic carbocycles. The maximum Gasteiger partial charge on any atom is 0.267 e. The fourth-order valence-electron chi connectivity index (χ4n) is 8.13. The van der Waals surface area contributed by atoms with E-state index >= 15 is 4.79 Å². The predicted molar refractivity (Wildman–Crippen MR) is 236 cm³/mol. The van der Waals surface area contributed by atoms with Gasteiger partial charge in [-0.15, -0.1) is 0 Å². The first kappa shape index (κ1) is 36.3. The fourth-order valence-corrected chi connectivity index (χ4v) is 8.13. The largest absolute Gasteiger partial charge is 0.308 e. The first-order valence-corrected chi connectivity index (χ1v) is 19.2. The molecular weight excluding hydrogens is 725 g/mol. The van der Waals surface area contributed by atoms with Crippen molar-refractivity contribution >= 4 is 39.8 Å². The van der Waals surface area contributed by atoms with E-state index in [1.54, 1.807) is 12.1 Å². The number of carbonyl (C=O) groups excluding carboxylic acids is 2. The number of rotatable bonds is 8. The topological polar surface area (TPSA) is 89.9 Å². The standard InChI is InChI=1S/C53H34N4O2/c1-35-13-12-22-49(52(35)53(59)56(34-58)48-28-25-38(36-14-4-2-5-15-36)29-47(48)37-16-6-3-7-17-37)57-50-30-39(43-20-10-8-18-41(43)32-54)23-26-45(50)46-27-24-40(31-51(46)57)44-21-11-9-19-42(44)33-55/h2-31,34H,1H3. The highest BCUT2D eigenvalue weighted by Crippen LogP contribution is 2.41. The first-order valence-electron chi connectivity index (χ1n) is 19.2. The predicted octanol–water partition coefficient (Wildman–Crippen LogP) is 12.3. The van der Waals surface area contributed by atoms with Gasteiger partial charge in [-0.3, -0.25) is 9.59 Å². The van der Waals surface area contributed by atoms with Gasteiger partial charge in [0.1, 0.15) is 0 Å². The fraction of sp³-hybridized carbons (Fsp3) is 0.0189. The Bertz CT molecular complexity index is 3070. The minimum Gasteiger partial charge on any atom is -0.308 e. The van der Waals surface area contributed by atoms with Crippen molar-refractivity contribution in [1.82, 2.24) is 4.57 Å². The zero-order valence-electron chi connectivity index (χ0n) is 32.0. The van der Waals surface area contributed by atoms with Crippen LogP contribution in [0.25, 0.3) is 72.0 Å². The SMILES string of the molecule is Cc1cccc(-n2c3cc(-c4ccccc4C#N)ccc3c3ccc(-c4ccccc4C#N)cc32)c1C(=O)N(C=O)c1ccc(-c2ccccc2)cc1-c1ccccc1. The van der Waals surface area contributed by atoms with Gasteiger partial charge in [-0.05, 0) is 93.9 Å². The number of fused-ring (bicyclic) bond motifs is 3. The highest BCUT2D eigenvalue weighted by molar-refractivity contribution is 6.20. The molecular formula is C53H34N4O2. The van der Waals surface area contributed by atoms with E-state index in [1.165, 1.54) is 4.90 Å². The van der Waals surface area contributed by atoms with Gasteiger partial charge in [0.15, 0.2) is 0 Å². The number of aromatic nitrogens is 1. The number of benzene rings is 8. The van der Waals surface area contributed by atoms with Crippen molar-refractivity contribution in [2.45, 2.75) is 6.92 Å². The number of nitrogens with zero attached hydrogens (tertiary/aromatic N) is 4. The average Bonchev–Trinajstić information content (AvgIpc) is 3.62. The maximum absolute atomic E-state index is 15.3. The summed E-state index contributed by atoms with van der Waals surface area (Å²) in [7, 11) is 0. The lowest BCUT2D eigenvalue weighted by molar-refractivity contribution is -0.106. The van der Waals surface area contributed by atoms with E-state index < -0.39 is 5.91 Å². The second kappa shape index (κ2) is 15.3. The Labute approximate surface area is 341 Å². The number of carbonyl (C=O) groups is 2. The first-order chi connectivity index (χ1) is 29.0. The Kier molecular flexibility index (Phi) is 9.43. The second-order valence-corrected chi connectivity index (χ2v) is 14.3. The Morgan fingerprint density at radius 1 is 0.525 bits per heavy atom. The number of imide groups is 1. The highest BCUT2D eigenvalue weighted by atomic mass is 16.2. The molecule has 9 aromatic rings. The lowest BCUT2D eigenvalue weighted by atomic mass is 9.96.